The van der Waals surface area contributed by atoms with Crippen LogP contribution in [0.15, 0.2) is 9.98 Å². The second kappa shape index (κ2) is 11.3. The average Bonchev–Trinajstić information content (AvgIpc) is 2.16. The third-order valence-corrected chi connectivity index (χ3v) is 1.67. The van der Waals surface area contributed by atoms with Gasteiger partial charge in [-0.2, -0.15) is 0 Å². The number of hydrogen-bond donors (Lipinski definition) is 0. The molecule has 0 amide bonds. The predicted octanol–water partition coefficient (Wildman–Crippen LogP) is 3.12. The molecule has 0 heterocycles. The lowest BCUT2D eigenvalue weighted by molar-refractivity contribution is 0.841. The molecule has 2 nitrogen and oxygen atoms in total. The Labute approximate surface area is 82.2 Å². The van der Waals surface area contributed by atoms with E-state index in [0.717, 1.165) is 32.4 Å². The number of nitrogens with zero attached hydrogens (tertiary/aromatic N) is 2. The van der Waals surface area contributed by atoms with Crippen LogP contribution < -0.4 is 0 Å². The quantitative estimate of drug-likeness (QED) is 0.407. The van der Waals surface area contributed by atoms with Gasteiger partial charge in [-0.15, -0.1) is 0 Å². The van der Waals surface area contributed by atoms with Gasteiger partial charge in [0.2, 0.25) is 0 Å². The molecule has 0 aliphatic carbocycles. The second-order valence-electron chi connectivity index (χ2n) is 3.11. The highest BCUT2D eigenvalue weighted by Crippen LogP contribution is 1.86. The fourth-order valence-electron chi connectivity index (χ4n) is 0.877. The van der Waals surface area contributed by atoms with Crippen molar-refractivity contribution >= 4 is 12.4 Å². The van der Waals surface area contributed by atoms with Crippen molar-refractivity contribution in [2.24, 2.45) is 9.98 Å². The molecule has 0 aliphatic heterocycles. The Morgan fingerprint density at radius 1 is 0.846 bits per heavy atom. The first kappa shape index (κ1) is 12.3. The first-order valence-electron chi connectivity index (χ1n) is 5.38. The van der Waals surface area contributed by atoms with Crippen LogP contribution in [-0.2, 0) is 0 Å². The van der Waals surface area contributed by atoms with Gasteiger partial charge < -0.3 is 0 Å². The summed E-state index contributed by atoms with van der Waals surface area (Å²) in [6, 6.07) is 0. The van der Waals surface area contributed by atoms with Crippen molar-refractivity contribution in [1.82, 2.24) is 0 Å². The molecule has 0 spiro atoms. The third-order valence-electron chi connectivity index (χ3n) is 1.67. The minimum Gasteiger partial charge on any atom is -0.297 e. The minimum atomic E-state index is 0.934. The number of rotatable bonds is 8. The molecular formula is C11H22N2. The summed E-state index contributed by atoms with van der Waals surface area (Å²) in [6.07, 6.45) is 9.74. The van der Waals surface area contributed by atoms with Crippen LogP contribution in [0, 0.1) is 0 Å². The molecule has 0 aromatic carbocycles. The molecule has 2 heteroatoms. The molecule has 13 heavy (non-hydrogen) atoms. The summed E-state index contributed by atoms with van der Waals surface area (Å²) in [5.74, 6) is 0. The minimum absolute atomic E-state index is 0.934. The van der Waals surface area contributed by atoms with Gasteiger partial charge in [-0.05, 0) is 31.7 Å². The largest absolute Gasteiger partial charge is 0.297 e. The zero-order valence-corrected chi connectivity index (χ0v) is 9.00. The van der Waals surface area contributed by atoms with Crippen LogP contribution in [-0.4, -0.2) is 25.5 Å². The summed E-state index contributed by atoms with van der Waals surface area (Å²) in [5.41, 5.74) is 0. The van der Waals surface area contributed by atoms with E-state index >= 15 is 0 Å². The molecule has 0 N–H and O–H groups in total. The highest BCUT2D eigenvalue weighted by molar-refractivity contribution is 5.57. The molecule has 76 valence electrons. The lowest BCUT2D eigenvalue weighted by Gasteiger charge is -1.91. The molecule has 0 bridgehead atoms. The van der Waals surface area contributed by atoms with E-state index in [4.69, 9.17) is 0 Å². The van der Waals surface area contributed by atoms with Gasteiger partial charge in [-0.1, -0.05) is 26.7 Å². The molecule has 0 saturated carbocycles. The molecule has 0 radical (unpaired) electrons. The Morgan fingerprint density at radius 2 is 1.31 bits per heavy atom. The zero-order chi connectivity index (χ0) is 9.78. The van der Waals surface area contributed by atoms with Gasteiger partial charge in [-0.25, -0.2) is 0 Å². The van der Waals surface area contributed by atoms with Crippen molar-refractivity contribution < 1.29 is 0 Å². The molecule has 0 fully saturated rings. The summed E-state index contributed by atoms with van der Waals surface area (Å²) >= 11 is 0. The smallest absolute Gasteiger partial charge is 0.0403 e. The number of aliphatic imine (C=N–C) groups is 2. The highest BCUT2D eigenvalue weighted by atomic mass is 14.7. The fourth-order valence-corrected chi connectivity index (χ4v) is 0.877. The van der Waals surface area contributed by atoms with Crippen LogP contribution in [0.4, 0.5) is 0 Å². The first-order valence-corrected chi connectivity index (χ1v) is 5.38. The summed E-state index contributed by atoms with van der Waals surface area (Å²) in [4.78, 5) is 8.56. The van der Waals surface area contributed by atoms with E-state index in [1.807, 2.05) is 12.4 Å². The van der Waals surface area contributed by atoms with Gasteiger partial charge in [0.15, 0.2) is 0 Å². The van der Waals surface area contributed by atoms with Crippen LogP contribution in [0.25, 0.3) is 0 Å². The lowest BCUT2D eigenvalue weighted by Crippen LogP contribution is -1.87. The summed E-state index contributed by atoms with van der Waals surface area (Å²) in [7, 11) is 0. The molecule has 0 atom stereocenters. The van der Waals surface area contributed by atoms with Gasteiger partial charge in [-0.3, -0.25) is 9.98 Å². The van der Waals surface area contributed by atoms with Crippen LogP contribution in [0.3, 0.4) is 0 Å². The zero-order valence-electron chi connectivity index (χ0n) is 9.00. The number of unbranched alkanes of at least 4 members (excludes halogenated alkanes) is 2. The van der Waals surface area contributed by atoms with Crippen LogP contribution >= 0.6 is 0 Å². The van der Waals surface area contributed by atoms with Crippen molar-refractivity contribution in [3.8, 4) is 0 Å². The first-order chi connectivity index (χ1) is 6.41. The van der Waals surface area contributed by atoms with Gasteiger partial charge in [0.25, 0.3) is 0 Å². The Balaban J connectivity index is 3.07. The maximum Gasteiger partial charge on any atom is 0.0403 e. The Morgan fingerprint density at radius 3 is 1.69 bits per heavy atom. The van der Waals surface area contributed by atoms with E-state index in [1.54, 1.807) is 0 Å². The van der Waals surface area contributed by atoms with Gasteiger partial charge >= 0.3 is 0 Å². The second-order valence-corrected chi connectivity index (χ2v) is 3.11. The van der Waals surface area contributed by atoms with Gasteiger partial charge in [0.1, 0.15) is 0 Å². The maximum absolute atomic E-state index is 4.28. The molecule has 0 aromatic rings. The number of hydrogen-bond acceptors (Lipinski definition) is 2. The van der Waals surface area contributed by atoms with Crippen LogP contribution in [0.2, 0.25) is 0 Å². The van der Waals surface area contributed by atoms with Crippen LogP contribution in [0.5, 0.6) is 0 Å². The molecular weight excluding hydrogens is 160 g/mol. The van der Waals surface area contributed by atoms with E-state index in [0.29, 0.717) is 0 Å². The standard InChI is InChI=1S/C11H22N2/c1-3-5-8-12-10-7-11-13-9-6-4-2/h8-9H,3-7,10-11H2,1-2H3. The maximum atomic E-state index is 4.28. The van der Waals surface area contributed by atoms with Crippen molar-refractivity contribution in [3.63, 3.8) is 0 Å². The topological polar surface area (TPSA) is 24.7 Å². The summed E-state index contributed by atoms with van der Waals surface area (Å²) < 4.78 is 0. The lowest BCUT2D eigenvalue weighted by atomic mass is 10.3. The Bertz CT molecular complexity index is 123. The SMILES string of the molecule is CCCC=NCCCN=CCCC. The molecule has 0 aliphatic rings. The van der Waals surface area contributed by atoms with Gasteiger partial charge in [0.05, 0.1) is 0 Å². The molecule has 0 unspecified atom stereocenters. The average molecular weight is 182 g/mol. The summed E-state index contributed by atoms with van der Waals surface area (Å²) in [5, 5.41) is 0. The highest BCUT2D eigenvalue weighted by Gasteiger charge is 1.81. The van der Waals surface area contributed by atoms with E-state index in [1.165, 1.54) is 12.8 Å². The van der Waals surface area contributed by atoms with E-state index < -0.39 is 0 Å². The van der Waals surface area contributed by atoms with E-state index in [9.17, 15) is 0 Å². The monoisotopic (exact) mass is 182 g/mol. The van der Waals surface area contributed by atoms with Crippen molar-refractivity contribution in [2.75, 3.05) is 13.1 Å². The fraction of sp³-hybridized carbons (Fsp3) is 0.818. The molecule has 0 saturated heterocycles. The van der Waals surface area contributed by atoms with Crippen LogP contribution in [0.1, 0.15) is 46.0 Å². The van der Waals surface area contributed by atoms with Crippen molar-refractivity contribution in [2.45, 2.75) is 46.0 Å². The molecule has 0 aromatic heterocycles. The molecule has 0 rings (SSSR count). The van der Waals surface area contributed by atoms with Crippen molar-refractivity contribution in [3.05, 3.63) is 0 Å². The van der Waals surface area contributed by atoms with E-state index in [-0.39, 0.29) is 0 Å². The van der Waals surface area contributed by atoms with E-state index in [2.05, 4.69) is 23.8 Å². The summed E-state index contributed by atoms with van der Waals surface area (Å²) in [6.45, 7) is 6.20. The Hall–Kier alpha value is -0.660. The third kappa shape index (κ3) is 11.3. The Kier molecular flexibility index (Phi) is 10.8. The van der Waals surface area contributed by atoms with Gasteiger partial charge in [0, 0.05) is 13.1 Å². The normalized spacial score (nSPS) is 11.8. The van der Waals surface area contributed by atoms with Crippen molar-refractivity contribution in [1.29, 1.82) is 0 Å². The predicted molar refractivity (Wildman–Crippen MR) is 61.2 cm³/mol.